The van der Waals surface area contributed by atoms with Crippen LogP contribution in [-0.4, -0.2) is 22.8 Å². The summed E-state index contributed by atoms with van der Waals surface area (Å²) in [4.78, 5) is 10.6. The van der Waals surface area contributed by atoms with Gasteiger partial charge in [0, 0.05) is 6.08 Å². The molecule has 2 atom stereocenters. The highest BCUT2D eigenvalue weighted by atomic mass is 16.5. The standard InChI is InChI=1S/C20H28O3/c1-14(12-18(21)22)8-6-9-15(2)16-13-17-19(3,4)10-7-11-20(17,5)23-16/h6,8-9,12-13,16H,7,10-11H2,1-5H3,(H,21,22)/b8-6+,14-12+,15-9-. The summed E-state index contributed by atoms with van der Waals surface area (Å²) in [5.41, 5.74) is 3.36. The Hall–Kier alpha value is -1.61. The third-order valence-electron chi connectivity index (χ3n) is 4.98. The van der Waals surface area contributed by atoms with Gasteiger partial charge in [0.1, 0.15) is 0 Å². The number of fused-ring (bicyclic) bond motifs is 1. The molecule has 126 valence electrons. The molecule has 0 saturated heterocycles. The average Bonchev–Trinajstić information content (AvgIpc) is 2.77. The second kappa shape index (κ2) is 6.48. The molecule has 3 heteroatoms. The van der Waals surface area contributed by atoms with Gasteiger partial charge in [0.2, 0.25) is 0 Å². The predicted molar refractivity (Wildman–Crippen MR) is 93.3 cm³/mol. The minimum absolute atomic E-state index is 0.0146. The average molecular weight is 316 g/mol. The van der Waals surface area contributed by atoms with Crippen molar-refractivity contribution in [1.29, 1.82) is 0 Å². The molecule has 23 heavy (non-hydrogen) atoms. The summed E-state index contributed by atoms with van der Waals surface area (Å²) in [6, 6.07) is 0. The number of carboxylic acid groups (broad SMARTS) is 1. The number of hydrogen-bond donors (Lipinski definition) is 1. The van der Waals surface area contributed by atoms with E-state index in [1.807, 2.05) is 12.2 Å². The van der Waals surface area contributed by atoms with E-state index in [0.717, 1.165) is 12.0 Å². The molecule has 0 aromatic heterocycles. The number of allylic oxidation sites excluding steroid dienone is 4. The SMILES string of the molecule is C/C(=C/C=C/C(C)=C/C(=O)O)C1C=C2C(C)(C)CCCC2(C)O1. The highest BCUT2D eigenvalue weighted by Crippen LogP contribution is 2.51. The van der Waals surface area contributed by atoms with Crippen molar-refractivity contribution in [3.05, 3.63) is 47.1 Å². The summed E-state index contributed by atoms with van der Waals surface area (Å²) < 4.78 is 6.37. The second-order valence-corrected chi connectivity index (χ2v) is 7.58. The molecule has 1 aliphatic heterocycles. The van der Waals surface area contributed by atoms with Gasteiger partial charge in [0.05, 0.1) is 11.7 Å². The first kappa shape index (κ1) is 17.7. The molecule has 2 unspecified atom stereocenters. The molecule has 0 bridgehead atoms. The Morgan fingerprint density at radius 3 is 2.61 bits per heavy atom. The number of carbonyl (C=O) groups is 1. The summed E-state index contributed by atoms with van der Waals surface area (Å²) in [5.74, 6) is -0.920. The molecule has 2 aliphatic rings. The Labute approximate surface area is 139 Å². The summed E-state index contributed by atoms with van der Waals surface area (Å²) >= 11 is 0. The first-order valence-corrected chi connectivity index (χ1v) is 8.31. The first-order chi connectivity index (χ1) is 10.6. The lowest BCUT2D eigenvalue weighted by atomic mass is 9.67. The Morgan fingerprint density at radius 1 is 1.30 bits per heavy atom. The number of ether oxygens (including phenoxy) is 1. The van der Waals surface area contributed by atoms with Gasteiger partial charge in [0.25, 0.3) is 0 Å². The molecule has 3 nitrogen and oxygen atoms in total. The number of hydrogen-bond acceptors (Lipinski definition) is 2. The Bertz CT molecular complexity index is 604. The lowest BCUT2D eigenvalue weighted by Gasteiger charge is -2.42. The minimum Gasteiger partial charge on any atom is -0.478 e. The summed E-state index contributed by atoms with van der Waals surface area (Å²) in [7, 11) is 0. The fourth-order valence-electron chi connectivity index (χ4n) is 3.76. The van der Waals surface area contributed by atoms with Crippen LogP contribution in [0.15, 0.2) is 47.1 Å². The van der Waals surface area contributed by atoms with Crippen LogP contribution in [0.1, 0.15) is 53.9 Å². The number of carboxylic acids is 1. The van der Waals surface area contributed by atoms with Crippen molar-refractivity contribution >= 4 is 5.97 Å². The van der Waals surface area contributed by atoms with Crippen LogP contribution in [0.25, 0.3) is 0 Å². The molecule has 0 aromatic carbocycles. The van der Waals surface area contributed by atoms with Gasteiger partial charge in [-0.2, -0.15) is 0 Å². The topological polar surface area (TPSA) is 46.5 Å². The van der Waals surface area contributed by atoms with E-state index in [9.17, 15) is 4.79 Å². The normalized spacial score (nSPS) is 31.2. The van der Waals surface area contributed by atoms with Gasteiger partial charge in [-0.25, -0.2) is 4.79 Å². The van der Waals surface area contributed by atoms with E-state index >= 15 is 0 Å². The van der Waals surface area contributed by atoms with Crippen LogP contribution in [-0.2, 0) is 9.53 Å². The van der Waals surface area contributed by atoms with E-state index in [1.165, 1.54) is 24.5 Å². The molecule has 1 heterocycles. The summed E-state index contributed by atoms with van der Waals surface area (Å²) in [6.07, 6.45) is 12.7. The zero-order valence-corrected chi connectivity index (χ0v) is 14.8. The molecule has 0 radical (unpaired) electrons. The van der Waals surface area contributed by atoms with Gasteiger partial charge in [-0.3, -0.25) is 0 Å². The van der Waals surface area contributed by atoms with Crippen LogP contribution in [0.3, 0.4) is 0 Å². The van der Waals surface area contributed by atoms with E-state index in [1.54, 1.807) is 13.0 Å². The maximum Gasteiger partial charge on any atom is 0.328 e. The van der Waals surface area contributed by atoms with Gasteiger partial charge >= 0.3 is 5.97 Å². The van der Waals surface area contributed by atoms with Crippen LogP contribution in [0, 0.1) is 5.41 Å². The fourth-order valence-corrected chi connectivity index (χ4v) is 3.76. The first-order valence-electron chi connectivity index (χ1n) is 8.31. The van der Waals surface area contributed by atoms with Gasteiger partial charge < -0.3 is 9.84 Å². The van der Waals surface area contributed by atoms with Gasteiger partial charge in [0.15, 0.2) is 0 Å². The smallest absolute Gasteiger partial charge is 0.328 e. The van der Waals surface area contributed by atoms with E-state index in [0.29, 0.717) is 5.57 Å². The molecule has 1 aliphatic carbocycles. The molecule has 0 aromatic rings. The number of aliphatic carboxylic acids is 1. The van der Waals surface area contributed by atoms with E-state index in [-0.39, 0.29) is 17.1 Å². The number of rotatable bonds is 4. The van der Waals surface area contributed by atoms with Crippen LogP contribution in [0.2, 0.25) is 0 Å². The molecular formula is C20H28O3. The molecule has 1 N–H and O–H groups in total. The maximum absolute atomic E-state index is 10.6. The molecule has 2 rings (SSSR count). The molecular weight excluding hydrogens is 288 g/mol. The second-order valence-electron chi connectivity index (χ2n) is 7.58. The lowest BCUT2D eigenvalue weighted by molar-refractivity contribution is -0.131. The van der Waals surface area contributed by atoms with Gasteiger partial charge in [-0.05, 0) is 68.2 Å². The highest BCUT2D eigenvalue weighted by molar-refractivity contribution is 5.81. The van der Waals surface area contributed by atoms with Crippen LogP contribution in [0.5, 0.6) is 0 Å². The van der Waals surface area contributed by atoms with Crippen molar-refractivity contribution in [3.8, 4) is 0 Å². The molecule has 0 amide bonds. The van der Waals surface area contributed by atoms with E-state index < -0.39 is 5.97 Å². The zero-order chi connectivity index (χ0) is 17.3. The van der Waals surface area contributed by atoms with Crippen LogP contribution in [0.4, 0.5) is 0 Å². The van der Waals surface area contributed by atoms with Gasteiger partial charge in [-0.15, -0.1) is 0 Å². The van der Waals surface area contributed by atoms with Crippen LogP contribution >= 0.6 is 0 Å². The fraction of sp³-hybridized carbons (Fsp3) is 0.550. The maximum atomic E-state index is 10.6. The Balaban J connectivity index is 2.14. The summed E-state index contributed by atoms with van der Waals surface area (Å²) in [6.45, 7) is 10.7. The monoisotopic (exact) mass is 316 g/mol. The quantitative estimate of drug-likeness (QED) is 0.460. The highest BCUT2D eigenvalue weighted by Gasteiger charge is 2.47. The lowest BCUT2D eigenvalue weighted by Crippen LogP contribution is -2.39. The Kier molecular flexibility index (Phi) is 5.00. The van der Waals surface area contributed by atoms with Crippen LogP contribution < -0.4 is 0 Å². The predicted octanol–water partition coefficient (Wildman–Crippen LogP) is 4.81. The Morgan fingerprint density at radius 2 is 2.00 bits per heavy atom. The van der Waals surface area contributed by atoms with Crippen molar-refractivity contribution < 1.29 is 14.6 Å². The molecule has 1 fully saturated rings. The third-order valence-corrected chi connectivity index (χ3v) is 4.98. The largest absolute Gasteiger partial charge is 0.478 e. The van der Waals surface area contributed by atoms with Crippen molar-refractivity contribution in [2.45, 2.75) is 65.6 Å². The minimum atomic E-state index is -0.920. The van der Waals surface area contributed by atoms with E-state index in [2.05, 4.69) is 33.8 Å². The molecule has 1 saturated carbocycles. The van der Waals surface area contributed by atoms with Crippen molar-refractivity contribution in [3.63, 3.8) is 0 Å². The van der Waals surface area contributed by atoms with Gasteiger partial charge in [-0.1, -0.05) is 32.1 Å². The molecule has 0 spiro atoms. The van der Waals surface area contributed by atoms with Crippen molar-refractivity contribution in [1.82, 2.24) is 0 Å². The van der Waals surface area contributed by atoms with Crippen molar-refractivity contribution in [2.75, 3.05) is 0 Å². The third kappa shape index (κ3) is 4.03. The summed E-state index contributed by atoms with van der Waals surface area (Å²) in [5, 5.41) is 8.71. The van der Waals surface area contributed by atoms with E-state index in [4.69, 9.17) is 9.84 Å². The zero-order valence-electron chi connectivity index (χ0n) is 14.8. The van der Waals surface area contributed by atoms with Crippen molar-refractivity contribution in [2.24, 2.45) is 5.41 Å².